The van der Waals surface area contributed by atoms with Crippen molar-refractivity contribution in [1.29, 1.82) is 0 Å². The van der Waals surface area contributed by atoms with Crippen LogP contribution in [0, 0.1) is 6.92 Å². The van der Waals surface area contributed by atoms with E-state index in [1.54, 1.807) is 17.5 Å². The van der Waals surface area contributed by atoms with Gasteiger partial charge in [-0.05, 0) is 41.6 Å². The van der Waals surface area contributed by atoms with Crippen molar-refractivity contribution in [3.63, 3.8) is 0 Å². The number of hydrogen-bond donors (Lipinski definition) is 2. The molecule has 1 heterocycles. The van der Waals surface area contributed by atoms with E-state index >= 15 is 0 Å². The fraction of sp³-hybridized carbons (Fsp3) is 0.167. The van der Waals surface area contributed by atoms with Gasteiger partial charge in [-0.1, -0.05) is 22.0 Å². The molecule has 0 bridgehead atoms. The topological polar surface area (TPSA) is 66.4 Å². The molecule has 1 aromatic heterocycles. The maximum atomic E-state index is 12.2. The average molecular weight is 362 g/mol. The molecular weight excluding hydrogens is 350 g/mol. The number of halogens is 1. The first-order chi connectivity index (χ1) is 8.94. The Labute approximate surface area is 124 Å². The van der Waals surface area contributed by atoms with Crippen molar-refractivity contribution in [1.82, 2.24) is 0 Å². The monoisotopic (exact) mass is 361 g/mol. The van der Waals surface area contributed by atoms with Crippen LogP contribution in [-0.2, 0) is 16.6 Å². The van der Waals surface area contributed by atoms with Crippen LogP contribution in [0.1, 0.15) is 11.1 Å². The standard InChI is InChI=1S/C12H12BrNO3S2/c1-8-10(13)3-2-4-11(8)14-19(16,17)12-5-9(6-15)7-18-12/h2-5,7,14-15H,6H2,1H3. The van der Waals surface area contributed by atoms with Gasteiger partial charge in [-0.3, -0.25) is 4.72 Å². The number of aliphatic hydroxyl groups excluding tert-OH is 1. The molecule has 7 heteroatoms. The average Bonchev–Trinajstić information content (AvgIpc) is 2.84. The first kappa shape index (κ1) is 14.5. The van der Waals surface area contributed by atoms with Gasteiger partial charge < -0.3 is 5.11 Å². The van der Waals surface area contributed by atoms with E-state index in [4.69, 9.17) is 5.11 Å². The van der Waals surface area contributed by atoms with Crippen molar-refractivity contribution in [3.8, 4) is 0 Å². The van der Waals surface area contributed by atoms with Crippen LogP contribution < -0.4 is 4.72 Å². The molecule has 0 unspecified atom stereocenters. The second kappa shape index (κ2) is 5.62. The molecule has 0 aliphatic heterocycles. The van der Waals surface area contributed by atoms with Gasteiger partial charge in [0.15, 0.2) is 0 Å². The third-order valence-electron chi connectivity index (χ3n) is 2.59. The fourth-order valence-corrected chi connectivity index (χ4v) is 4.18. The van der Waals surface area contributed by atoms with Gasteiger partial charge in [-0.15, -0.1) is 11.3 Å². The highest BCUT2D eigenvalue weighted by Gasteiger charge is 2.18. The lowest BCUT2D eigenvalue weighted by molar-refractivity contribution is 0.282. The number of rotatable bonds is 4. The minimum absolute atomic E-state index is 0.165. The van der Waals surface area contributed by atoms with Crippen molar-refractivity contribution in [2.75, 3.05) is 4.72 Å². The van der Waals surface area contributed by atoms with Gasteiger partial charge in [-0.2, -0.15) is 0 Å². The largest absolute Gasteiger partial charge is 0.392 e. The Morgan fingerprint density at radius 1 is 1.42 bits per heavy atom. The van der Waals surface area contributed by atoms with Crippen molar-refractivity contribution in [2.45, 2.75) is 17.7 Å². The molecule has 0 aliphatic carbocycles. The molecule has 0 radical (unpaired) electrons. The third kappa shape index (κ3) is 3.17. The van der Waals surface area contributed by atoms with E-state index in [9.17, 15) is 8.42 Å². The zero-order valence-electron chi connectivity index (χ0n) is 10.1. The SMILES string of the molecule is Cc1c(Br)cccc1NS(=O)(=O)c1cc(CO)cs1. The van der Waals surface area contributed by atoms with Crippen molar-refractivity contribution in [3.05, 3.63) is 45.2 Å². The third-order valence-corrected chi connectivity index (χ3v) is 6.30. The molecule has 4 nitrogen and oxygen atoms in total. The number of thiophene rings is 1. The number of aliphatic hydroxyl groups is 1. The van der Waals surface area contributed by atoms with E-state index in [1.807, 2.05) is 13.0 Å². The summed E-state index contributed by atoms with van der Waals surface area (Å²) in [7, 11) is -3.61. The smallest absolute Gasteiger partial charge is 0.271 e. The highest BCUT2D eigenvalue weighted by molar-refractivity contribution is 9.10. The lowest BCUT2D eigenvalue weighted by atomic mass is 10.2. The lowest BCUT2D eigenvalue weighted by Gasteiger charge is -2.10. The Hall–Kier alpha value is -0.890. The van der Waals surface area contributed by atoms with Crippen LogP contribution in [0.4, 0.5) is 5.69 Å². The molecule has 102 valence electrons. The van der Waals surface area contributed by atoms with Gasteiger partial charge >= 0.3 is 0 Å². The van der Waals surface area contributed by atoms with Gasteiger partial charge in [-0.25, -0.2) is 8.42 Å². The van der Waals surface area contributed by atoms with Gasteiger partial charge in [0.05, 0.1) is 12.3 Å². The minimum atomic E-state index is -3.61. The van der Waals surface area contributed by atoms with Gasteiger partial charge in [0.25, 0.3) is 10.0 Å². The summed E-state index contributed by atoms with van der Waals surface area (Å²) in [5, 5.41) is 10.6. The van der Waals surface area contributed by atoms with Crippen LogP contribution in [0.3, 0.4) is 0 Å². The maximum Gasteiger partial charge on any atom is 0.271 e. The summed E-state index contributed by atoms with van der Waals surface area (Å²) in [6.45, 7) is 1.66. The number of nitrogens with one attached hydrogen (secondary N) is 1. The molecule has 0 atom stereocenters. The van der Waals surface area contributed by atoms with Gasteiger partial charge in [0, 0.05) is 4.47 Å². The minimum Gasteiger partial charge on any atom is -0.392 e. The quantitative estimate of drug-likeness (QED) is 0.878. The molecule has 19 heavy (non-hydrogen) atoms. The zero-order valence-corrected chi connectivity index (χ0v) is 13.3. The second-order valence-corrected chi connectivity index (χ2v) is 7.62. The normalized spacial score (nSPS) is 11.5. The molecular formula is C12H12BrNO3S2. The molecule has 0 aliphatic rings. The Morgan fingerprint density at radius 3 is 2.79 bits per heavy atom. The summed E-state index contributed by atoms with van der Waals surface area (Å²) in [6, 6.07) is 6.79. The highest BCUT2D eigenvalue weighted by Crippen LogP contribution is 2.27. The van der Waals surface area contributed by atoms with Crippen LogP contribution in [0.15, 0.2) is 38.3 Å². The maximum absolute atomic E-state index is 12.2. The Bertz CT molecular complexity index is 695. The van der Waals surface area contributed by atoms with Crippen LogP contribution in [0.2, 0.25) is 0 Å². The number of sulfonamides is 1. The van der Waals surface area contributed by atoms with Gasteiger partial charge in [0.1, 0.15) is 4.21 Å². The molecule has 1 aromatic carbocycles. The van der Waals surface area contributed by atoms with Crippen LogP contribution >= 0.6 is 27.3 Å². The number of hydrogen-bond acceptors (Lipinski definition) is 4. The van der Waals surface area contributed by atoms with Gasteiger partial charge in [0.2, 0.25) is 0 Å². The molecule has 2 rings (SSSR count). The van der Waals surface area contributed by atoms with E-state index in [2.05, 4.69) is 20.7 Å². The van der Waals surface area contributed by atoms with E-state index in [1.165, 1.54) is 6.07 Å². The van der Waals surface area contributed by atoms with Crippen molar-refractivity contribution in [2.24, 2.45) is 0 Å². The summed E-state index contributed by atoms with van der Waals surface area (Å²) in [5.41, 5.74) is 1.95. The van der Waals surface area contributed by atoms with Crippen LogP contribution in [0.25, 0.3) is 0 Å². The number of benzene rings is 1. The van der Waals surface area contributed by atoms with E-state index in [0.717, 1.165) is 21.4 Å². The Kier molecular flexibility index (Phi) is 4.29. The number of anilines is 1. The van der Waals surface area contributed by atoms with Crippen LogP contribution in [-0.4, -0.2) is 13.5 Å². The Balaban J connectivity index is 2.33. The summed E-state index contributed by atoms with van der Waals surface area (Å²) in [5.74, 6) is 0. The van der Waals surface area contributed by atoms with E-state index in [-0.39, 0.29) is 10.8 Å². The summed E-state index contributed by atoms with van der Waals surface area (Å²) in [6.07, 6.45) is 0. The summed E-state index contributed by atoms with van der Waals surface area (Å²) < 4.78 is 28.0. The molecule has 0 spiro atoms. The zero-order chi connectivity index (χ0) is 14.0. The second-order valence-electron chi connectivity index (χ2n) is 3.95. The molecule has 0 saturated carbocycles. The predicted octanol–water partition coefficient (Wildman–Crippen LogP) is 3.11. The first-order valence-electron chi connectivity index (χ1n) is 5.40. The molecule has 0 fully saturated rings. The van der Waals surface area contributed by atoms with E-state index in [0.29, 0.717) is 11.3 Å². The van der Waals surface area contributed by atoms with Crippen molar-refractivity contribution >= 4 is 43.0 Å². The summed E-state index contributed by atoms with van der Waals surface area (Å²) in [4.78, 5) is 0. The molecule has 2 N–H and O–H groups in total. The molecule has 0 amide bonds. The fourth-order valence-electron chi connectivity index (χ4n) is 1.49. The summed E-state index contributed by atoms with van der Waals surface area (Å²) >= 11 is 4.45. The van der Waals surface area contributed by atoms with Crippen LogP contribution in [0.5, 0.6) is 0 Å². The van der Waals surface area contributed by atoms with Crippen molar-refractivity contribution < 1.29 is 13.5 Å². The molecule has 0 saturated heterocycles. The Morgan fingerprint density at radius 2 is 2.16 bits per heavy atom. The van der Waals surface area contributed by atoms with E-state index < -0.39 is 10.0 Å². The first-order valence-corrected chi connectivity index (χ1v) is 8.56. The predicted molar refractivity (Wildman–Crippen MR) is 79.9 cm³/mol. The highest BCUT2D eigenvalue weighted by atomic mass is 79.9. The lowest BCUT2D eigenvalue weighted by Crippen LogP contribution is -2.12. The molecule has 2 aromatic rings.